The Labute approximate surface area is 236 Å². The van der Waals surface area contributed by atoms with Gasteiger partial charge in [0, 0.05) is 12.8 Å². The van der Waals surface area contributed by atoms with Crippen LogP contribution in [0.5, 0.6) is 0 Å². The summed E-state index contributed by atoms with van der Waals surface area (Å²) in [6.45, 7) is 7.61. The van der Waals surface area contributed by atoms with Crippen LogP contribution in [0.2, 0.25) is 19.6 Å². The molecule has 0 amide bonds. The van der Waals surface area contributed by atoms with Gasteiger partial charge in [0.25, 0.3) is 0 Å². The Balaban J connectivity index is 2.88. The fourth-order valence-corrected chi connectivity index (χ4v) is 5.09. The number of hydrogen-bond acceptors (Lipinski definition) is 5. The molecule has 1 rings (SSSR count). The second-order valence-corrected chi connectivity index (χ2v) is 15.2. The molecule has 0 heterocycles. The van der Waals surface area contributed by atoms with Crippen molar-refractivity contribution >= 4 is 20.0 Å². The van der Waals surface area contributed by atoms with Gasteiger partial charge >= 0.3 is 5.97 Å². The molecule has 0 bridgehead atoms. The van der Waals surface area contributed by atoms with Crippen molar-refractivity contribution in [3.8, 4) is 0 Å². The van der Waals surface area contributed by atoms with Crippen LogP contribution in [-0.2, 0) is 25.4 Å². The van der Waals surface area contributed by atoms with Crippen LogP contribution < -0.4 is 0 Å². The number of nitrogens with zero attached hydrogens (tertiary/aromatic N) is 1. The van der Waals surface area contributed by atoms with Crippen LogP contribution in [0.4, 0.5) is 22.0 Å². The molecule has 0 saturated carbocycles. The smallest absolute Gasteiger partial charge is 0.305 e. The molecule has 1 atom stereocenters. The molecule has 11 heteroatoms. The molecule has 5 nitrogen and oxygen atoms in total. The van der Waals surface area contributed by atoms with Crippen LogP contribution >= 0.6 is 0 Å². The fourth-order valence-electron chi connectivity index (χ4n) is 3.98. The molecule has 40 heavy (non-hydrogen) atoms. The van der Waals surface area contributed by atoms with Gasteiger partial charge in [0.15, 0.2) is 31.6 Å². The predicted octanol–water partition coefficient (Wildman–Crippen LogP) is 8.91. The maximum atomic E-state index is 14.0. The fraction of sp³-hybridized carbons (Fsp3) is 0.655. The predicted molar refractivity (Wildman–Crippen MR) is 149 cm³/mol. The lowest BCUT2D eigenvalue weighted by Gasteiger charge is -2.24. The SMILES string of the molecule is CCCCCC(/C=C\C/C(CCCCCCCC(=O)OC)=N\OCc1c(F)c(F)c(F)c(F)c1F)O[Si](C)(C)C. The normalized spacial score (nSPS) is 13.2. The third-order valence-electron chi connectivity index (χ3n) is 6.08. The van der Waals surface area contributed by atoms with Gasteiger partial charge in [-0.05, 0) is 45.3 Å². The lowest BCUT2D eigenvalue weighted by molar-refractivity contribution is -0.140. The van der Waals surface area contributed by atoms with Crippen molar-refractivity contribution in [1.29, 1.82) is 0 Å². The highest BCUT2D eigenvalue weighted by Gasteiger charge is 2.26. The first-order valence-electron chi connectivity index (χ1n) is 14.0. The van der Waals surface area contributed by atoms with E-state index in [9.17, 15) is 26.7 Å². The Morgan fingerprint density at radius 3 is 2.00 bits per heavy atom. The minimum absolute atomic E-state index is 0.0384. The number of methoxy groups -OCH3 is 1. The lowest BCUT2D eigenvalue weighted by atomic mass is 10.0. The summed E-state index contributed by atoms with van der Waals surface area (Å²) in [7, 11) is -0.424. The lowest BCUT2D eigenvalue weighted by Crippen LogP contribution is -2.31. The molecule has 0 radical (unpaired) electrons. The molecule has 0 aliphatic heterocycles. The summed E-state index contributed by atoms with van der Waals surface area (Å²) < 4.78 is 79.3. The van der Waals surface area contributed by atoms with Crippen LogP contribution in [0.3, 0.4) is 0 Å². The second kappa shape index (κ2) is 19.0. The first-order valence-corrected chi connectivity index (χ1v) is 17.4. The quantitative estimate of drug-likeness (QED) is 0.0174. The number of halogens is 5. The van der Waals surface area contributed by atoms with E-state index in [0.29, 0.717) is 25.0 Å². The van der Waals surface area contributed by atoms with Gasteiger partial charge in [-0.15, -0.1) is 0 Å². The number of carbonyl (C=O) groups is 1. The first kappa shape index (κ1) is 35.8. The highest BCUT2D eigenvalue weighted by atomic mass is 28.4. The molecule has 1 aromatic carbocycles. The molecule has 1 unspecified atom stereocenters. The van der Waals surface area contributed by atoms with E-state index in [4.69, 9.17) is 9.26 Å². The van der Waals surface area contributed by atoms with Gasteiger partial charge < -0.3 is 14.0 Å². The Bertz CT molecular complexity index is 953. The maximum absolute atomic E-state index is 14.0. The number of allylic oxidation sites excluding steroid dienone is 1. The topological polar surface area (TPSA) is 57.1 Å². The number of rotatable bonds is 20. The zero-order valence-corrected chi connectivity index (χ0v) is 25.4. The Morgan fingerprint density at radius 1 is 0.850 bits per heavy atom. The summed E-state index contributed by atoms with van der Waals surface area (Å²) in [5, 5.41) is 4.00. The third-order valence-corrected chi connectivity index (χ3v) is 7.09. The summed E-state index contributed by atoms with van der Waals surface area (Å²) in [4.78, 5) is 16.3. The van der Waals surface area contributed by atoms with Crippen LogP contribution in [0.15, 0.2) is 17.3 Å². The number of hydrogen-bond donors (Lipinski definition) is 0. The largest absolute Gasteiger partial charge is 0.469 e. The molecule has 0 aliphatic rings. The zero-order chi connectivity index (χ0) is 30.1. The van der Waals surface area contributed by atoms with Gasteiger partial charge in [0.2, 0.25) is 5.82 Å². The molecule has 228 valence electrons. The van der Waals surface area contributed by atoms with Crippen molar-refractivity contribution in [2.75, 3.05) is 7.11 Å². The summed E-state index contributed by atoms with van der Waals surface area (Å²) in [5.74, 6) is -10.4. The van der Waals surface area contributed by atoms with E-state index >= 15 is 0 Å². The highest BCUT2D eigenvalue weighted by molar-refractivity contribution is 6.69. The average molecular weight is 594 g/mol. The van der Waals surface area contributed by atoms with Crippen molar-refractivity contribution in [2.45, 2.75) is 116 Å². The van der Waals surface area contributed by atoms with Gasteiger partial charge in [-0.3, -0.25) is 4.79 Å². The van der Waals surface area contributed by atoms with Crippen molar-refractivity contribution in [1.82, 2.24) is 0 Å². The maximum Gasteiger partial charge on any atom is 0.305 e. The number of oxime groups is 1. The number of benzene rings is 1. The Kier molecular flexibility index (Phi) is 16.9. The molecule has 0 aromatic heterocycles. The number of carbonyl (C=O) groups excluding carboxylic acids is 1. The van der Waals surface area contributed by atoms with Crippen LogP contribution in [0.1, 0.15) is 89.5 Å². The van der Waals surface area contributed by atoms with Gasteiger partial charge in [-0.2, -0.15) is 0 Å². The van der Waals surface area contributed by atoms with Crippen molar-refractivity contribution in [3.63, 3.8) is 0 Å². The van der Waals surface area contributed by atoms with Gasteiger partial charge in [-0.25, -0.2) is 22.0 Å². The second-order valence-electron chi connectivity index (χ2n) is 10.7. The van der Waals surface area contributed by atoms with Crippen molar-refractivity contribution in [2.24, 2.45) is 5.16 Å². The van der Waals surface area contributed by atoms with E-state index in [0.717, 1.165) is 57.8 Å². The van der Waals surface area contributed by atoms with Gasteiger partial charge in [0.1, 0.15) is 6.61 Å². The first-order chi connectivity index (χ1) is 18.9. The standard InChI is InChI=1S/C29H44F5NO4Si/c1-6-7-11-17-22(39-40(3,4)5)18-14-16-21(15-12-9-8-10-13-19-24(36)37-2)35-38-20-23-25(30)27(32)29(34)28(33)26(23)31/h14,18,22H,6-13,15-17,19-20H2,1-5H3/b18-14-,35-21-. The molecular weight excluding hydrogens is 549 g/mol. The van der Waals surface area contributed by atoms with Crippen molar-refractivity contribution in [3.05, 3.63) is 46.8 Å². The molecular formula is C29H44F5NO4Si. The number of esters is 1. The zero-order valence-electron chi connectivity index (χ0n) is 24.4. The molecule has 0 fully saturated rings. The average Bonchev–Trinajstić information content (AvgIpc) is 2.90. The van der Waals surface area contributed by atoms with E-state index in [2.05, 4.69) is 36.5 Å². The minimum atomic E-state index is -2.21. The minimum Gasteiger partial charge on any atom is -0.469 e. The van der Waals surface area contributed by atoms with Gasteiger partial charge in [-0.1, -0.05) is 62.8 Å². The molecule has 0 aliphatic carbocycles. The Morgan fingerprint density at radius 2 is 1.43 bits per heavy atom. The van der Waals surface area contributed by atoms with Crippen LogP contribution in [-0.4, -0.2) is 33.2 Å². The van der Waals surface area contributed by atoms with Gasteiger partial charge in [0.05, 0.1) is 24.5 Å². The molecule has 0 N–H and O–H groups in total. The highest BCUT2D eigenvalue weighted by Crippen LogP contribution is 2.24. The molecule has 0 spiro atoms. The van der Waals surface area contributed by atoms with E-state index in [1.54, 1.807) is 0 Å². The Hall–Kier alpha value is -2.27. The van der Waals surface area contributed by atoms with Crippen LogP contribution in [0.25, 0.3) is 0 Å². The van der Waals surface area contributed by atoms with E-state index in [1.165, 1.54) is 7.11 Å². The summed E-state index contributed by atoms with van der Waals surface area (Å²) >= 11 is 0. The summed E-state index contributed by atoms with van der Waals surface area (Å²) in [6.07, 6.45) is 13.4. The van der Waals surface area contributed by atoms with E-state index < -0.39 is 49.6 Å². The van der Waals surface area contributed by atoms with Crippen LogP contribution in [0, 0.1) is 29.1 Å². The summed E-state index contributed by atoms with van der Waals surface area (Å²) in [6, 6.07) is 0. The number of unbranched alkanes of at least 4 members (excludes halogenated alkanes) is 6. The number of ether oxygens (including phenoxy) is 1. The van der Waals surface area contributed by atoms with Crippen molar-refractivity contribution < 1.29 is 40.7 Å². The van der Waals surface area contributed by atoms with E-state index in [1.807, 2.05) is 12.2 Å². The van der Waals surface area contributed by atoms with E-state index in [-0.39, 0.29) is 12.1 Å². The summed E-state index contributed by atoms with van der Waals surface area (Å²) in [5.41, 5.74) is -0.491. The third kappa shape index (κ3) is 13.9. The molecule has 1 aromatic rings. The monoisotopic (exact) mass is 593 g/mol. The molecule has 0 saturated heterocycles.